The number of hydrogen-bond donors (Lipinski definition) is 1. The Hall–Kier alpha value is -2.09. The van der Waals surface area contributed by atoms with Crippen molar-refractivity contribution in [3.63, 3.8) is 0 Å². The predicted molar refractivity (Wildman–Crippen MR) is 84.4 cm³/mol. The Morgan fingerprint density at radius 3 is 2.81 bits per heavy atom. The number of rotatable bonds is 6. The summed E-state index contributed by atoms with van der Waals surface area (Å²) in [5.41, 5.74) is 8.81. The molecule has 0 aliphatic carbocycles. The van der Waals surface area contributed by atoms with Crippen LogP contribution >= 0.6 is 11.6 Å². The molecule has 2 N–H and O–H groups in total. The average Bonchev–Trinajstić information content (AvgIpc) is 2.48. The van der Waals surface area contributed by atoms with E-state index in [0.717, 1.165) is 17.7 Å². The molecule has 0 radical (unpaired) electrons. The molecule has 2 aromatic rings. The van der Waals surface area contributed by atoms with Crippen molar-refractivity contribution in [1.82, 2.24) is 9.88 Å². The summed E-state index contributed by atoms with van der Waals surface area (Å²) in [5.74, 6) is 0. The molecule has 0 amide bonds. The Kier molecular flexibility index (Phi) is 5.56. The molecule has 0 atom stereocenters. The fourth-order valence-corrected chi connectivity index (χ4v) is 2.30. The van der Waals surface area contributed by atoms with Gasteiger partial charge in [0.2, 0.25) is 0 Å². The maximum atomic E-state index is 8.81. The van der Waals surface area contributed by atoms with Crippen molar-refractivity contribution in [3.8, 4) is 6.07 Å². The van der Waals surface area contributed by atoms with Crippen molar-refractivity contribution in [2.75, 3.05) is 12.3 Å². The molecule has 0 aliphatic heterocycles. The highest BCUT2D eigenvalue weighted by molar-refractivity contribution is 6.30. The third-order valence-electron chi connectivity index (χ3n) is 3.17. The van der Waals surface area contributed by atoms with E-state index < -0.39 is 0 Å². The smallest absolute Gasteiger partial charge is 0.0635 e. The van der Waals surface area contributed by atoms with Crippen LogP contribution in [0.5, 0.6) is 0 Å². The van der Waals surface area contributed by atoms with Gasteiger partial charge in [0.05, 0.1) is 6.07 Å². The first-order valence-electron chi connectivity index (χ1n) is 6.71. The van der Waals surface area contributed by atoms with E-state index in [0.29, 0.717) is 30.2 Å². The minimum Gasteiger partial charge on any atom is -0.398 e. The molecule has 21 heavy (non-hydrogen) atoms. The number of nitrogens with two attached hydrogens (primary N) is 1. The van der Waals surface area contributed by atoms with E-state index >= 15 is 0 Å². The highest BCUT2D eigenvalue weighted by Crippen LogP contribution is 2.20. The Morgan fingerprint density at radius 2 is 2.14 bits per heavy atom. The molecule has 0 saturated heterocycles. The Labute approximate surface area is 129 Å². The van der Waals surface area contributed by atoms with Gasteiger partial charge in [-0.3, -0.25) is 9.88 Å². The second-order valence-corrected chi connectivity index (χ2v) is 5.26. The average molecular weight is 301 g/mol. The van der Waals surface area contributed by atoms with Gasteiger partial charge in [-0.15, -0.1) is 0 Å². The summed E-state index contributed by atoms with van der Waals surface area (Å²) in [6.45, 7) is 2.10. The summed E-state index contributed by atoms with van der Waals surface area (Å²) >= 11 is 5.92. The van der Waals surface area contributed by atoms with E-state index in [2.05, 4.69) is 16.0 Å². The number of pyridine rings is 1. The summed E-state index contributed by atoms with van der Waals surface area (Å²) in [7, 11) is 0. The lowest BCUT2D eigenvalue weighted by molar-refractivity contribution is 0.263. The minimum atomic E-state index is 0.480. The van der Waals surface area contributed by atoms with Gasteiger partial charge < -0.3 is 5.73 Å². The number of anilines is 1. The summed E-state index contributed by atoms with van der Waals surface area (Å²) in [5, 5.41) is 9.44. The van der Waals surface area contributed by atoms with Crippen molar-refractivity contribution in [1.29, 1.82) is 5.26 Å². The normalized spacial score (nSPS) is 10.5. The standard InChI is InChI=1S/C16H17ClN4/c17-15-5-4-14(16(19)9-15)12-21(8-2-6-18)11-13-3-1-7-20-10-13/h1,3-5,7,9-10H,2,8,11-12,19H2. The number of hydrogen-bond acceptors (Lipinski definition) is 4. The molecule has 2 rings (SSSR count). The van der Waals surface area contributed by atoms with Crippen LogP contribution in [-0.2, 0) is 13.1 Å². The van der Waals surface area contributed by atoms with Gasteiger partial charge in [0.15, 0.2) is 0 Å². The van der Waals surface area contributed by atoms with Crippen molar-refractivity contribution in [3.05, 3.63) is 58.9 Å². The summed E-state index contributed by atoms with van der Waals surface area (Å²) in [4.78, 5) is 6.30. The first kappa shape index (κ1) is 15.3. The van der Waals surface area contributed by atoms with Crippen LogP contribution < -0.4 is 5.73 Å². The fourth-order valence-electron chi connectivity index (χ4n) is 2.12. The van der Waals surface area contributed by atoms with Crippen LogP contribution in [0.2, 0.25) is 5.02 Å². The van der Waals surface area contributed by atoms with Crippen LogP contribution in [0, 0.1) is 11.3 Å². The number of nitrogen functional groups attached to an aromatic ring is 1. The lowest BCUT2D eigenvalue weighted by Gasteiger charge is -2.22. The topological polar surface area (TPSA) is 65.9 Å². The zero-order chi connectivity index (χ0) is 15.1. The maximum Gasteiger partial charge on any atom is 0.0635 e. The van der Waals surface area contributed by atoms with E-state index in [-0.39, 0.29) is 0 Å². The molecule has 4 nitrogen and oxygen atoms in total. The Bertz CT molecular complexity index is 622. The number of aromatic nitrogens is 1. The van der Waals surface area contributed by atoms with Gasteiger partial charge in [-0.05, 0) is 29.3 Å². The lowest BCUT2D eigenvalue weighted by atomic mass is 10.1. The number of nitriles is 1. The van der Waals surface area contributed by atoms with Crippen LogP contribution in [0.25, 0.3) is 0 Å². The van der Waals surface area contributed by atoms with Gasteiger partial charge in [0, 0.05) is 49.2 Å². The molecule has 0 aliphatic rings. The fraction of sp³-hybridized carbons (Fsp3) is 0.250. The quantitative estimate of drug-likeness (QED) is 0.832. The lowest BCUT2D eigenvalue weighted by Crippen LogP contribution is -2.24. The molecule has 0 spiro atoms. The van der Waals surface area contributed by atoms with E-state index in [1.54, 1.807) is 12.3 Å². The van der Waals surface area contributed by atoms with E-state index in [1.807, 2.05) is 30.5 Å². The minimum absolute atomic E-state index is 0.480. The van der Waals surface area contributed by atoms with Crippen molar-refractivity contribution < 1.29 is 0 Å². The van der Waals surface area contributed by atoms with Crippen molar-refractivity contribution in [2.45, 2.75) is 19.5 Å². The molecule has 0 fully saturated rings. The van der Waals surface area contributed by atoms with Gasteiger partial charge in [0.1, 0.15) is 0 Å². The number of benzene rings is 1. The summed E-state index contributed by atoms with van der Waals surface area (Å²) in [6.07, 6.45) is 4.07. The monoisotopic (exact) mass is 300 g/mol. The number of nitrogens with zero attached hydrogens (tertiary/aromatic N) is 3. The maximum absolute atomic E-state index is 8.81. The Balaban J connectivity index is 2.10. The third kappa shape index (κ3) is 4.75. The first-order valence-corrected chi connectivity index (χ1v) is 7.09. The number of halogens is 1. The molecule has 5 heteroatoms. The summed E-state index contributed by atoms with van der Waals surface area (Å²) in [6, 6.07) is 11.6. The van der Waals surface area contributed by atoms with Crippen LogP contribution in [-0.4, -0.2) is 16.4 Å². The molecule has 0 unspecified atom stereocenters. The van der Waals surface area contributed by atoms with E-state index in [1.165, 1.54) is 0 Å². The van der Waals surface area contributed by atoms with Gasteiger partial charge in [-0.1, -0.05) is 23.7 Å². The van der Waals surface area contributed by atoms with Crippen molar-refractivity contribution >= 4 is 17.3 Å². The Morgan fingerprint density at radius 1 is 1.29 bits per heavy atom. The molecule has 1 aromatic carbocycles. The SMILES string of the molecule is N#CCCN(Cc1cccnc1)Cc1ccc(Cl)cc1N. The van der Waals surface area contributed by atoms with Gasteiger partial charge in [-0.25, -0.2) is 0 Å². The largest absolute Gasteiger partial charge is 0.398 e. The van der Waals surface area contributed by atoms with Crippen LogP contribution in [0.15, 0.2) is 42.7 Å². The van der Waals surface area contributed by atoms with Gasteiger partial charge >= 0.3 is 0 Å². The molecule has 108 valence electrons. The molecule has 0 saturated carbocycles. The second-order valence-electron chi connectivity index (χ2n) is 4.82. The zero-order valence-corrected chi connectivity index (χ0v) is 12.4. The van der Waals surface area contributed by atoms with E-state index in [4.69, 9.17) is 22.6 Å². The molecule has 1 heterocycles. The van der Waals surface area contributed by atoms with Crippen molar-refractivity contribution in [2.24, 2.45) is 0 Å². The molecule has 1 aromatic heterocycles. The van der Waals surface area contributed by atoms with Crippen LogP contribution in [0.3, 0.4) is 0 Å². The molecule has 0 bridgehead atoms. The van der Waals surface area contributed by atoms with E-state index in [9.17, 15) is 0 Å². The van der Waals surface area contributed by atoms with Crippen LogP contribution in [0.1, 0.15) is 17.5 Å². The third-order valence-corrected chi connectivity index (χ3v) is 3.41. The first-order chi connectivity index (χ1) is 10.2. The highest BCUT2D eigenvalue weighted by Gasteiger charge is 2.09. The predicted octanol–water partition coefficient (Wildman–Crippen LogP) is 3.23. The summed E-state index contributed by atoms with van der Waals surface area (Å²) < 4.78 is 0. The van der Waals surface area contributed by atoms with Gasteiger partial charge in [0.25, 0.3) is 0 Å². The zero-order valence-electron chi connectivity index (χ0n) is 11.7. The molecular weight excluding hydrogens is 284 g/mol. The highest BCUT2D eigenvalue weighted by atomic mass is 35.5. The molecular formula is C16H17ClN4. The van der Waals surface area contributed by atoms with Gasteiger partial charge in [-0.2, -0.15) is 5.26 Å². The van der Waals surface area contributed by atoms with Crippen LogP contribution in [0.4, 0.5) is 5.69 Å². The second kappa shape index (κ2) is 7.63.